The van der Waals surface area contributed by atoms with Crippen molar-refractivity contribution in [3.8, 4) is 0 Å². The fourth-order valence-corrected chi connectivity index (χ4v) is 3.05. The first-order valence-corrected chi connectivity index (χ1v) is 8.44. The molecule has 22 heavy (non-hydrogen) atoms. The highest BCUT2D eigenvalue weighted by atomic mass is 127. The number of aromatic nitrogens is 1. The Morgan fingerprint density at radius 1 is 1.32 bits per heavy atom. The van der Waals surface area contributed by atoms with E-state index in [0.29, 0.717) is 6.54 Å². The zero-order valence-corrected chi connectivity index (χ0v) is 17.3. The second kappa shape index (κ2) is 10.2. The second-order valence-electron chi connectivity index (χ2n) is 4.48. The van der Waals surface area contributed by atoms with Crippen LogP contribution in [0, 0.1) is 0 Å². The Morgan fingerprint density at radius 2 is 2.09 bits per heavy atom. The smallest absolute Gasteiger partial charge is 0.191 e. The van der Waals surface area contributed by atoms with Gasteiger partial charge in [-0.05, 0) is 24.1 Å². The van der Waals surface area contributed by atoms with Gasteiger partial charge in [-0.2, -0.15) is 0 Å². The maximum atomic E-state index is 4.39. The van der Waals surface area contributed by atoms with Crippen molar-refractivity contribution in [3.05, 3.63) is 50.4 Å². The lowest BCUT2D eigenvalue weighted by Crippen LogP contribution is -2.36. The van der Waals surface area contributed by atoms with Gasteiger partial charge in [-0.25, -0.2) is 4.98 Å². The van der Waals surface area contributed by atoms with E-state index in [1.807, 2.05) is 18.3 Å². The summed E-state index contributed by atoms with van der Waals surface area (Å²) in [6.07, 6.45) is 2.98. The van der Waals surface area contributed by atoms with Crippen LogP contribution in [0.15, 0.2) is 39.9 Å². The standard InChI is InChI=1S/C15H19BrN4S.HI/c1-3-13-9-18-14(21-13)10-20-15(17-2)19-8-11-5-4-6-12(16)7-11;/h4-7,9H,3,8,10H2,1-2H3,(H2,17,19,20);1H. The van der Waals surface area contributed by atoms with Crippen molar-refractivity contribution in [1.82, 2.24) is 15.6 Å². The summed E-state index contributed by atoms with van der Waals surface area (Å²) in [4.78, 5) is 9.93. The molecule has 0 spiro atoms. The third-order valence-corrected chi connectivity index (χ3v) is 4.56. The molecule has 0 fully saturated rings. The number of rotatable bonds is 5. The van der Waals surface area contributed by atoms with Gasteiger partial charge in [-0.1, -0.05) is 35.0 Å². The van der Waals surface area contributed by atoms with Gasteiger partial charge in [0.05, 0.1) is 6.54 Å². The number of aryl methyl sites for hydroxylation is 1. The summed E-state index contributed by atoms with van der Waals surface area (Å²) in [5, 5.41) is 7.66. The van der Waals surface area contributed by atoms with E-state index in [9.17, 15) is 0 Å². The monoisotopic (exact) mass is 494 g/mol. The van der Waals surface area contributed by atoms with Crippen molar-refractivity contribution in [2.24, 2.45) is 4.99 Å². The lowest BCUT2D eigenvalue weighted by molar-refractivity contribution is 0.805. The number of hydrogen-bond acceptors (Lipinski definition) is 3. The number of hydrogen-bond donors (Lipinski definition) is 2. The molecule has 0 amide bonds. The predicted molar refractivity (Wildman–Crippen MR) is 108 cm³/mol. The molecular weight excluding hydrogens is 475 g/mol. The van der Waals surface area contributed by atoms with Gasteiger partial charge in [0.25, 0.3) is 0 Å². The average Bonchev–Trinajstić information content (AvgIpc) is 2.95. The Labute approximate surface area is 161 Å². The molecule has 2 aromatic rings. The molecule has 0 saturated heterocycles. The van der Waals surface area contributed by atoms with E-state index in [4.69, 9.17) is 0 Å². The van der Waals surface area contributed by atoms with Gasteiger partial charge in [0.2, 0.25) is 0 Å². The van der Waals surface area contributed by atoms with Crippen molar-refractivity contribution >= 4 is 57.2 Å². The zero-order chi connectivity index (χ0) is 15.1. The molecular formula is C15H20BrIN4S. The number of guanidine groups is 1. The first-order valence-electron chi connectivity index (χ1n) is 6.83. The van der Waals surface area contributed by atoms with Crippen LogP contribution >= 0.6 is 51.2 Å². The minimum atomic E-state index is 0. The highest BCUT2D eigenvalue weighted by Gasteiger charge is 2.03. The van der Waals surface area contributed by atoms with E-state index in [1.54, 1.807) is 18.4 Å². The number of nitrogens with one attached hydrogen (secondary N) is 2. The number of thiazole rings is 1. The summed E-state index contributed by atoms with van der Waals surface area (Å²) < 4.78 is 1.08. The molecule has 0 saturated carbocycles. The highest BCUT2D eigenvalue weighted by molar-refractivity contribution is 14.0. The van der Waals surface area contributed by atoms with E-state index in [0.717, 1.165) is 28.4 Å². The Balaban J connectivity index is 0.00000242. The lowest BCUT2D eigenvalue weighted by Gasteiger charge is -2.11. The molecule has 0 unspecified atom stereocenters. The van der Waals surface area contributed by atoms with E-state index < -0.39 is 0 Å². The fraction of sp³-hybridized carbons (Fsp3) is 0.333. The van der Waals surface area contributed by atoms with Crippen LogP contribution in [-0.4, -0.2) is 18.0 Å². The van der Waals surface area contributed by atoms with Gasteiger partial charge >= 0.3 is 0 Å². The van der Waals surface area contributed by atoms with Gasteiger partial charge in [0.15, 0.2) is 5.96 Å². The van der Waals surface area contributed by atoms with E-state index >= 15 is 0 Å². The maximum Gasteiger partial charge on any atom is 0.191 e. The molecule has 0 aliphatic rings. The van der Waals surface area contributed by atoms with Gasteiger partial charge in [0, 0.05) is 29.1 Å². The highest BCUT2D eigenvalue weighted by Crippen LogP contribution is 2.13. The molecule has 0 aliphatic carbocycles. The van der Waals surface area contributed by atoms with Crippen LogP contribution in [0.2, 0.25) is 0 Å². The lowest BCUT2D eigenvalue weighted by atomic mass is 10.2. The van der Waals surface area contributed by atoms with Crippen LogP contribution < -0.4 is 10.6 Å². The molecule has 0 bridgehead atoms. The minimum absolute atomic E-state index is 0. The average molecular weight is 495 g/mol. The van der Waals surface area contributed by atoms with Crippen molar-refractivity contribution in [1.29, 1.82) is 0 Å². The summed E-state index contributed by atoms with van der Waals surface area (Å²) >= 11 is 5.22. The fourth-order valence-electron chi connectivity index (χ4n) is 1.81. The SMILES string of the molecule is CCc1cnc(CNC(=NC)NCc2cccc(Br)c2)s1.I. The van der Waals surface area contributed by atoms with Crippen molar-refractivity contribution in [2.45, 2.75) is 26.4 Å². The number of benzene rings is 1. The zero-order valence-electron chi connectivity index (χ0n) is 12.6. The molecule has 4 nitrogen and oxygen atoms in total. The summed E-state index contributed by atoms with van der Waals surface area (Å²) in [6.45, 7) is 3.57. The van der Waals surface area contributed by atoms with Crippen LogP contribution in [0.4, 0.5) is 0 Å². The molecule has 1 aromatic heterocycles. The number of nitrogens with zero attached hydrogens (tertiary/aromatic N) is 2. The second-order valence-corrected chi connectivity index (χ2v) is 6.60. The number of halogens is 2. The molecule has 120 valence electrons. The summed E-state index contributed by atoms with van der Waals surface area (Å²) in [5.41, 5.74) is 1.20. The maximum absolute atomic E-state index is 4.39. The van der Waals surface area contributed by atoms with Crippen molar-refractivity contribution in [2.75, 3.05) is 7.05 Å². The Bertz CT molecular complexity index is 615. The summed E-state index contributed by atoms with van der Waals surface area (Å²) in [5.74, 6) is 0.781. The van der Waals surface area contributed by atoms with Crippen LogP contribution in [0.25, 0.3) is 0 Å². The number of aliphatic imine (C=N–C) groups is 1. The van der Waals surface area contributed by atoms with E-state index in [-0.39, 0.29) is 24.0 Å². The molecule has 7 heteroatoms. The normalized spacial score (nSPS) is 11.0. The van der Waals surface area contributed by atoms with Crippen molar-refractivity contribution < 1.29 is 0 Å². The largest absolute Gasteiger partial charge is 0.352 e. The topological polar surface area (TPSA) is 49.3 Å². The van der Waals surface area contributed by atoms with Gasteiger partial charge < -0.3 is 10.6 Å². The molecule has 2 rings (SSSR count). The Morgan fingerprint density at radius 3 is 2.73 bits per heavy atom. The summed E-state index contributed by atoms with van der Waals surface area (Å²) in [6, 6.07) is 8.22. The quantitative estimate of drug-likeness (QED) is 0.376. The first kappa shape index (κ1) is 19.4. The van der Waals surface area contributed by atoms with Crippen LogP contribution in [0.1, 0.15) is 22.4 Å². The Hall–Kier alpha value is -0.670. The first-order chi connectivity index (χ1) is 10.2. The molecule has 1 aromatic carbocycles. The van der Waals surface area contributed by atoms with Gasteiger partial charge in [-0.3, -0.25) is 4.99 Å². The summed E-state index contributed by atoms with van der Waals surface area (Å²) in [7, 11) is 1.77. The predicted octanol–water partition coefficient (Wildman–Crippen LogP) is 3.95. The Kier molecular flexibility index (Phi) is 8.96. The van der Waals surface area contributed by atoms with Gasteiger partial charge in [-0.15, -0.1) is 35.3 Å². The van der Waals surface area contributed by atoms with Crippen molar-refractivity contribution in [3.63, 3.8) is 0 Å². The van der Waals surface area contributed by atoms with Crippen LogP contribution in [0.5, 0.6) is 0 Å². The van der Waals surface area contributed by atoms with E-state index in [2.05, 4.69) is 55.6 Å². The molecule has 2 N–H and O–H groups in total. The van der Waals surface area contributed by atoms with Gasteiger partial charge in [0.1, 0.15) is 5.01 Å². The van der Waals surface area contributed by atoms with Crippen LogP contribution in [-0.2, 0) is 19.5 Å². The molecule has 1 heterocycles. The molecule has 0 atom stereocenters. The third-order valence-electron chi connectivity index (χ3n) is 2.93. The van der Waals surface area contributed by atoms with Crippen LogP contribution in [0.3, 0.4) is 0 Å². The third kappa shape index (κ3) is 6.21. The molecule has 0 radical (unpaired) electrons. The minimum Gasteiger partial charge on any atom is -0.352 e. The van der Waals surface area contributed by atoms with E-state index in [1.165, 1.54) is 10.4 Å². The molecule has 0 aliphatic heterocycles.